The van der Waals surface area contributed by atoms with Crippen molar-refractivity contribution in [2.45, 2.75) is 32.1 Å². The molecule has 68 valence electrons. The third-order valence-electron chi connectivity index (χ3n) is 2.39. The number of hydrogen-bond acceptors (Lipinski definition) is 1. The van der Waals surface area contributed by atoms with Gasteiger partial charge in [-0.2, -0.15) is 0 Å². The highest BCUT2D eigenvalue weighted by atomic mass is 16.2. The van der Waals surface area contributed by atoms with Gasteiger partial charge in [0.05, 0.1) is 6.61 Å². The minimum atomic E-state index is 0.148. The van der Waals surface area contributed by atoms with Crippen LogP contribution in [0, 0.1) is 5.92 Å². The molecule has 0 bridgehead atoms. The van der Waals surface area contributed by atoms with Crippen molar-refractivity contribution >= 4 is 0 Å². The average Bonchev–Trinajstić information content (AvgIpc) is 2.14. The van der Waals surface area contributed by atoms with Crippen molar-refractivity contribution in [3.05, 3.63) is 24.3 Å². The summed E-state index contributed by atoms with van der Waals surface area (Å²) in [5.41, 5.74) is 0. The molecule has 0 aromatic heterocycles. The fourth-order valence-electron chi connectivity index (χ4n) is 1.69. The fourth-order valence-corrected chi connectivity index (χ4v) is 1.69. The van der Waals surface area contributed by atoms with Gasteiger partial charge in [-0.25, -0.2) is 0 Å². The van der Waals surface area contributed by atoms with Gasteiger partial charge in [0.2, 0.25) is 0 Å². The molecule has 0 atom stereocenters. The molecule has 1 aliphatic rings. The van der Waals surface area contributed by atoms with E-state index in [0.29, 0.717) is 0 Å². The van der Waals surface area contributed by atoms with Crippen LogP contribution in [0.1, 0.15) is 32.1 Å². The number of rotatable bonds is 3. The molecule has 0 unspecified atom stereocenters. The van der Waals surface area contributed by atoms with Crippen molar-refractivity contribution in [2.75, 3.05) is 6.61 Å². The molecule has 1 N–H and O–H groups in total. The fraction of sp³-hybridized carbons (Fsp3) is 0.636. The molecule has 1 saturated carbocycles. The van der Waals surface area contributed by atoms with Crippen LogP contribution in [0.25, 0.3) is 0 Å². The Morgan fingerprint density at radius 2 is 1.83 bits per heavy atom. The van der Waals surface area contributed by atoms with Crippen LogP contribution >= 0.6 is 0 Å². The standard InChI is InChI=1S/C11H18O/c12-10-6-2-5-9-11-7-3-1-4-8-11/h2,5-6,9,11-12H,1,3-4,7-8,10H2. The summed E-state index contributed by atoms with van der Waals surface area (Å²) in [6.07, 6.45) is 14.9. The molecule has 0 heterocycles. The van der Waals surface area contributed by atoms with E-state index in [9.17, 15) is 0 Å². The lowest BCUT2D eigenvalue weighted by atomic mass is 9.89. The Morgan fingerprint density at radius 1 is 1.08 bits per heavy atom. The summed E-state index contributed by atoms with van der Waals surface area (Å²) < 4.78 is 0. The van der Waals surface area contributed by atoms with Crippen molar-refractivity contribution in [1.29, 1.82) is 0 Å². The molecular weight excluding hydrogens is 148 g/mol. The molecule has 0 aromatic carbocycles. The van der Waals surface area contributed by atoms with E-state index >= 15 is 0 Å². The second-order valence-corrected chi connectivity index (χ2v) is 3.39. The number of allylic oxidation sites excluding steroid dienone is 3. The van der Waals surface area contributed by atoms with Crippen molar-refractivity contribution < 1.29 is 5.11 Å². The molecular formula is C11H18O. The van der Waals surface area contributed by atoms with Gasteiger partial charge in [-0.3, -0.25) is 0 Å². The summed E-state index contributed by atoms with van der Waals surface area (Å²) in [5, 5.41) is 8.48. The van der Waals surface area contributed by atoms with Crippen molar-refractivity contribution in [3.63, 3.8) is 0 Å². The van der Waals surface area contributed by atoms with Gasteiger partial charge in [0.25, 0.3) is 0 Å². The third kappa shape index (κ3) is 3.72. The lowest BCUT2D eigenvalue weighted by Gasteiger charge is -2.17. The lowest BCUT2D eigenvalue weighted by Crippen LogP contribution is -2.02. The Balaban J connectivity index is 2.19. The minimum absolute atomic E-state index is 0.148. The Hall–Kier alpha value is -0.560. The molecule has 12 heavy (non-hydrogen) atoms. The first-order chi connectivity index (χ1) is 5.93. The molecule has 0 aromatic rings. The van der Waals surface area contributed by atoms with Crippen LogP contribution in [0.15, 0.2) is 24.3 Å². The van der Waals surface area contributed by atoms with Crippen molar-refractivity contribution in [3.8, 4) is 0 Å². The summed E-state index contributed by atoms with van der Waals surface area (Å²) in [7, 11) is 0. The smallest absolute Gasteiger partial charge is 0.0615 e. The average molecular weight is 166 g/mol. The van der Waals surface area contributed by atoms with Gasteiger partial charge in [0.1, 0.15) is 0 Å². The van der Waals surface area contributed by atoms with E-state index in [2.05, 4.69) is 12.2 Å². The Kier molecular flexibility index (Phi) is 4.77. The van der Waals surface area contributed by atoms with Crippen LogP contribution in [0.4, 0.5) is 0 Å². The zero-order chi connectivity index (χ0) is 8.65. The maximum Gasteiger partial charge on any atom is 0.0615 e. The molecule has 1 fully saturated rings. The first-order valence-electron chi connectivity index (χ1n) is 4.87. The van der Waals surface area contributed by atoms with Gasteiger partial charge in [-0.15, -0.1) is 0 Å². The Labute approximate surface area is 74.8 Å². The zero-order valence-corrected chi connectivity index (χ0v) is 7.58. The second kappa shape index (κ2) is 6.01. The number of aliphatic hydroxyl groups is 1. The number of aliphatic hydroxyl groups excluding tert-OH is 1. The number of hydrogen-bond donors (Lipinski definition) is 1. The van der Waals surface area contributed by atoms with Crippen molar-refractivity contribution in [2.24, 2.45) is 5.92 Å². The molecule has 0 aliphatic heterocycles. The highest BCUT2D eigenvalue weighted by Gasteiger charge is 2.08. The molecule has 0 spiro atoms. The van der Waals surface area contributed by atoms with Gasteiger partial charge in [0, 0.05) is 0 Å². The quantitative estimate of drug-likeness (QED) is 0.639. The SMILES string of the molecule is OCC=CC=CC1CCCCC1. The summed E-state index contributed by atoms with van der Waals surface area (Å²) in [6, 6.07) is 0. The first kappa shape index (κ1) is 9.53. The summed E-state index contributed by atoms with van der Waals surface area (Å²) in [6.45, 7) is 0.148. The second-order valence-electron chi connectivity index (χ2n) is 3.39. The van der Waals surface area contributed by atoms with Crippen LogP contribution in [0.5, 0.6) is 0 Å². The summed E-state index contributed by atoms with van der Waals surface area (Å²) in [4.78, 5) is 0. The van der Waals surface area contributed by atoms with E-state index in [1.807, 2.05) is 6.08 Å². The molecule has 0 radical (unpaired) electrons. The van der Waals surface area contributed by atoms with E-state index in [4.69, 9.17) is 5.11 Å². The lowest BCUT2D eigenvalue weighted by molar-refractivity contribution is 0.342. The van der Waals surface area contributed by atoms with Gasteiger partial charge in [-0.1, -0.05) is 43.6 Å². The van der Waals surface area contributed by atoms with E-state index < -0.39 is 0 Å². The van der Waals surface area contributed by atoms with E-state index in [1.54, 1.807) is 6.08 Å². The minimum Gasteiger partial charge on any atom is -0.392 e. The van der Waals surface area contributed by atoms with E-state index in [-0.39, 0.29) is 6.61 Å². The van der Waals surface area contributed by atoms with Crippen molar-refractivity contribution in [1.82, 2.24) is 0 Å². The van der Waals surface area contributed by atoms with E-state index in [0.717, 1.165) is 5.92 Å². The maximum atomic E-state index is 8.48. The zero-order valence-electron chi connectivity index (χ0n) is 7.58. The monoisotopic (exact) mass is 166 g/mol. The van der Waals surface area contributed by atoms with Crippen LogP contribution in [-0.2, 0) is 0 Å². The molecule has 1 rings (SSSR count). The summed E-state index contributed by atoms with van der Waals surface area (Å²) >= 11 is 0. The molecule has 1 aliphatic carbocycles. The van der Waals surface area contributed by atoms with Gasteiger partial charge < -0.3 is 5.11 Å². The van der Waals surface area contributed by atoms with Crippen LogP contribution < -0.4 is 0 Å². The summed E-state index contributed by atoms with van der Waals surface area (Å²) in [5.74, 6) is 0.794. The van der Waals surface area contributed by atoms with Gasteiger partial charge in [-0.05, 0) is 18.8 Å². The van der Waals surface area contributed by atoms with Gasteiger partial charge >= 0.3 is 0 Å². The predicted octanol–water partition coefficient (Wildman–Crippen LogP) is 2.67. The third-order valence-corrected chi connectivity index (χ3v) is 2.39. The maximum absolute atomic E-state index is 8.48. The highest BCUT2D eigenvalue weighted by molar-refractivity contribution is 5.04. The molecule has 0 saturated heterocycles. The Bertz CT molecular complexity index is 152. The van der Waals surface area contributed by atoms with Crippen LogP contribution in [0.2, 0.25) is 0 Å². The molecule has 1 nitrogen and oxygen atoms in total. The van der Waals surface area contributed by atoms with Crippen LogP contribution in [-0.4, -0.2) is 11.7 Å². The largest absolute Gasteiger partial charge is 0.392 e. The first-order valence-corrected chi connectivity index (χ1v) is 4.87. The molecule has 0 amide bonds. The topological polar surface area (TPSA) is 20.2 Å². The predicted molar refractivity (Wildman–Crippen MR) is 51.9 cm³/mol. The van der Waals surface area contributed by atoms with Gasteiger partial charge in [0.15, 0.2) is 0 Å². The Morgan fingerprint density at radius 3 is 2.50 bits per heavy atom. The molecule has 1 heteroatoms. The van der Waals surface area contributed by atoms with E-state index in [1.165, 1.54) is 32.1 Å². The normalized spacial score (nSPS) is 21.1. The highest BCUT2D eigenvalue weighted by Crippen LogP contribution is 2.24. The van der Waals surface area contributed by atoms with Crippen LogP contribution in [0.3, 0.4) is 0 Å².